The molecule has 11 heavy (non-hydrogen) atoms. The van der Waals surface area contributed by atoms with E-state index < -0.39 is 5.97 Å². The van der Waals surface area contributed by atoms with Gasteiger partial charge in [0.25, 0.3) is 0 Å². The number of carbonyl (C=O) groups excluding carboxylic acids is 1. The van der Waals surface area contributed by atoms with Crippen molar-refractivity contribution in [1.29, 1.82) is 0 Å². The molecule has 1 unspecified atom stereocenters. The SMILES string of the molecule is CC(=O)NC(C)/C=C/C(=O)O. The molecule has 0 aliphatic carbocycles. The number of carboxylic acids is 1. The summed E-state index contributed by atoms with van der Waals surface area (Å²) in [5, 5.41) is 10.7. The Morgan fingerprint density at radius 2 is 2.09 bits per heavy atom. The van der Waals surface area contributed by atoms with Gasteiger partial charge in [-0.3, -0.25) is 4.79 Å². The molecule has 4 nitrogen and oxygen atoms in total. The fraction of sp³-hybridized carbons (Fsp3) is 0.429. The van der Waals surface area contributed by atoms with Gasteiger partial charge in [-0.25, -0.2) is 4.79 Å². The lowest BCUT2D eigenvalue weighted by molar-refractivity contribution is -0.131. The van der Waals surface area contributed by atoms with Crippen molar-refractivity contribution in [2.45, 2.75) is 19.9 Å². The van der Waals surface area contributed by atoms with Crippen molar-refractivity contribution in [1.82, 2.24) is 5.32 Å². The quantitative estimate of drug-likeness (QED) is 0.573. The Labute approximate surface area is 64.9 Å². The van der Waals surface area contributed by atoms with Crippen molar-refractivity contribution in [3.8, 4) is 0 Å². The van der Waals surface area contributed by atoms with Crippen molar-refractivity contribution < 1.29 is 14.7 Å². The molecular weight excluding hydrogens is 146 g/mol. The maximum Gasteiger partial charge on any atom is 0.328 e. The molecule has 0 spiro atoms. The number of rotatable bonds is 3. The second kappa shape index (κ2) is 4.49. The Bertz CT molecular complexity index is 186. The number of amides is 1. The minimum absolute atomic E-state index is 0.174. The van der Waals surface area contributed by atoms with Gasteiger partial charge in [0.1, 0.15) is 0 Å². The van der Waals surface area contributed by atoms with Gasteiger partial charge in [-0.1, -0.05) is 6.08 Å². The van der Waals surface area contributed by atoms with Gasteiger partial charge in [-0.15, -0.1) is 0 Å². The second-order valence-electron chi connectivity index (χ2n) is 2.19. The summed E-state index contributed by atoms with van der Waals surface area (Å²) in [5.41, 5.74) is 0. The normalized spacial score (nSPS) is 12.9. The number of carbonyl (C=O) groups is 2. The van der Waals surface area contributed by atoms with E-state index in [9.17, 15) is 9.59 Å². The van der Waals surface area contributed by atoms with E-state index in [-0.39, 0.29) is 11.9 Å². The largest absolute Gasteiger partial charge is 0.478 e. The number of hydrogen-bond donors (Lipinski definition) is 2. The lowest BCUT2D eigenvalue weighted by Crippen LogP contribution is -2.28. The Morgan fingerprint density at radius 3 is 2.45 bits per heavy atom. The molecule has 0 bridgehead atoms. The van der Waals surface area contributed by atoms with E-state index in [1.54, 1.807) is 6.92 Å². The van der Waals surface area contributed by atoms with Gasteiger partial charge in [0.2, 0.25) is 5.91 Å². The molecule has 62 valence electrons. The molecule has 0 aliphatic heterocycles. The first-order valence-electron chi connectivity index (χ1n) is 3.20. The Morgan fingerprint density at radius 1 is 1.55 bits per heavy atom. The lowest BCUT2D eigenvalue weighted by Gasteiger charge is -2.04. The van der Waals surface area contributed by atoms with E-state index in [4.69, 9.17) is 5.11 Å². The van der Waals surface area contributed by atoms with E-state index in [1.165, 1.54) is 13.0 Å². The predicted octanol–water partition coefficient (Wildman–Crippen LogP) is 0.152. The van der Waals surface area contributed by atoms with Gasteiger partial charge in [0, 0.05) is 19.0 Å². The van der Waals surface area contributed by atoms with Crippen LogP contribution in [0, 0.1) is 0 Å². The Kier molecular flexibility index (Phi) is 3.95. The summed E-state index contributed by atoms with van der Waals surface area (Å²) >= 11 is 0. The topological polar surface area (TPSA) is 66.4 Å². The third kappa shape index (κ3) is 6.57. The molecule has 1 atom stereocenters. The fourth-order valence-corrected chi connectivity index (χ4v) is 0.595. The molecule has 0 rings (SSSR count). The van der Waals surface area contributed by atoms with Gasteiger partial charge in [-0.2, -0.15) is 0 Å². The minimum Gasteiger partial charge on any atom is -0.478 e. The highest BCUT2D eigenvalue weighted by Crippen LogP contribution is 1.84. The van der Waals surface area contributed by atoms with E-state index in [2.05, 4.69) is 5.32 Å². The van der Waals surface area contributed by atoms with Gasteiger partial charge < -0.3 is 10.4 Å². The number of nitrogens with one attached hydrogen (secondary N) is 1. The summed E-state index contributed by atoms with van der Waals surface area (Å²) in [6, 6.07) is -0.233. The maximum atomic E-state index is 10.4. The molecular formula is C7H11NO3. The standard InChI is InChI=1S/C7H11NO3/c1-5(8-6(2)9)3-4-7(10)11/h3-5H,1-2H3,(H,8,9)(H,10,11)/b4-3+. The van der Waals surface area contributed by atoms with Gasteiger partial charge >= 0.3 is 5.97 Å². The first-order valence-corrected chi connectivity index (χ1v) is 3.20. The van der Waals surface area contributed by atoms with Crippen LogP contribution in [0.1, 0.15) is 13.8 Å². The van der Waals surface area contributed by atoms with E-state index in [1.807, 2.05) is 0 Å². The maximum absolute atomic E-state index is 10.4. The molecule has 0 aromatic carbocycles. The van der Waals surface area contributed by atoms with E-state index >= 15 is 0 Å². The summed E-state index contributed by atoms with van der Waals surface area (Å²) < 4.78 is 0. The molecule has 1 amide bonds. The molecule has 2 N–H and O–H groups in total. The van der Waals surface area contributed by atoms with Crippen LogP contribution >= 0.6 is 0 Å². The van der Waals surface area contributed by atoms with Crippen LogP contribution in [0.3, 0.4) is 0 Å². The van der Waals surface area contributed by atoms with Crippen molar-refractivity contribution >= 4 is 11.9 Å². The highest BCUT2D eigenvalue weighted by Gasteiger charge is 1.97. The number of aliphatic carboxylic acids is 1. The molecule has 0 saturated carbocycles. The van der Waals surface area contributed by atoms with Crippen LogP contribution in [0.4, 0.5) is 0 Å². The third-order valence-electron chi connectivity index (χ3n) is 0.958. The summed E-state index contributed by atoms with van der Waals surface area (Å²) in [4.78, 5) is 20.4. The lowest BCUT2D eigenvalue weighted by atomic mass is 10.3. The van der Waals surface area contributed by atoms with Crippen LogP contribution in [-0.4, -0.2) is 23.0 Å². The summed E-state index contributed by atoms with van der Waals surface area (Å²) in [5.74, 6) is -1.19. The minimum atomic E-state index is -1.01. The third-order valence-corrected chi connectivity index (χ3v) is 0.958. The molecule has 0 aliphatic rings. The average molecular weight is 157 g/mol. The zero-order valence-electron chi connectivity index (χ0n) is 6.50. The summed E-state index contributed by atoms with van der Waals surface area (Å²) in [7, 11) is 0. The van der Waals surface area contributed by atoms with Crippen molar-refractivity contribution in [2.24, 2.45) is 0 Å². The molecule has 0 saturated heterocycles. The molecule has 0 radical (unpaired) electrons. The van der Waals surface area contributed by atoms with Crippen molar-refractivity contribution in [3.05, 3.63) is 12.2 Å². The van der Waals surface area contributed by atoms with Crippen LogP contribution in [0.15, 0.2) is 12.2 Å². The van der Waals surface area contributed by atoms with E-state index in [0.717, 1.165) is 6.08 Å². The van der Waals surface area contributed by atoms with Gasteiger partial charge in [-0.05, 0) is 6.92 Å². The smallest absolute Gasteiger partial charge is 0.328 e. The molecule has 0 heterocycles. The number of carboxylic acid groups (broad SMARTS) is 1. The number of hydrogen-bond acceptors (Lipinski definition) is 2. The average Bonchev–Trinajstić information content (AvgIpc) is 1.82. The fourth-order valence-electron chi connectivity index (χ4n) is 0.595. The predicted molar refractivity (Wildman–Crippen MR) is 40.1 cm³/mol. The zero-order chi connectivity index (χ0) is 8.85. The highest BCUT2D eigenvalue weighted by atomic mass is 16.4. The van der Waals surface area contributed by atoms with Crippen LogP contribution in [-0.2, 0) is 9.59 Å². The summed E-state index contributed by atoms with van der Waals surface area (Å²) in [6.07, 6.45) is 2.41. The monoisotopic (exact) mass is 157 g/mol. The van der Waals surface area contributed by atoms with Crippen LogP contribution in [0.25, 0.3) is 0 Å². The molecule has 0 aromatic rings. The highest BCUT2D eigenvalue weighted by molar-refractivity contribution is 5.80. The van der Waals surface area contributed by atoms with Crippen molar-refractivity contribution in [3.63, 3.8) is 0 Å². The van der Waals surface area contributed by atoms with Crippen LogP contribution in [0.2, 0.25) is 0 Å². The first kappa shape index (κ1) is 9.68. The second-order valence-corrected chi connectivity index (χ2v) is 2.19. The van der Waals surface area contributed by atoms with Gasteiger partial charge in [0.05, 0.1) is 0 Å². The van der Waals surface area contributed by atoms with Crippen molar-refractivity contribution in [2.75, 3.05) is 0 Å². The summed E-state index contributed by atoms with van der Waals surface area (Å²) in [6.45, 7) is 3.08. The van der Waals surface area contributed by atoms with Crippen LogP contribution < -0.4 is 5.32 Å². The van der Waals surface area contributed by atoms with Gasteiger partial charge in [0.15, 0.2) is 0 Å². The Hall–Kier alpha value is -1.32. The van der Waals surface area contributed by atoms with E-state index in [0.29, 0.717) is 0 Å². The van der Waals surface area contributed by atoms with Crippen LogP contribution in [0.5, 0.6) is 0 Å². The zero-order valence-corrected chi connectivity index (χ0v) is 6.50. The molecule has 4 heteroatoms. The molecule has 0 fully saturated rings. The Balaban J connectivity index is 3.77. The molecule has 0 aromatic heterocycles. The first-order chi connectivity index (χ1) is 5.02.